The minimum absolute atomic E-state index is 0.181. The number of fused-ring (bicyclic) bond motifs is 1. The first-order chi connectivity index (χ1) is 17.0. The second-order valence-electron chi connectivity index (χ2n) is 9.33. The maximum Gasteiger partial charge on any atom is 0.255 e. The summed E-state index contributed by atoms with van der Waals surface area (Å²) in [7, 11) is 0. The molecule has 1 saturated heterocycles. The molecular weight excluding hydrogens is 438 g/mol. The van der Waals surface area contributed by atoms with Gasteiger partial charge in [-0.15, -0.1) is 0 Å². The largest absolute Gasteiger partial charge is 0.367 e. The molecule has 0 aromatic heterocycles. The number of carbonyl (C=O) groups excluding carboxylic acids is 3. The molecular formula is C29H29N3O3. The summed E-state index contributed by atoms with van der Waals surface area (Å²) >= 11 is 0. The maximum atomic E-state index is 12.8. The van der Waals surface area contributed by atoms with Crippen LogP contribution >= 0.6 is 0 Å². The number of hydrogen-bond donors (Lipinski definition) is 2. The van der Waals surface area contributed by atoms with E-state index in [1.165, 1.54) is 11.1 Å². The van der Waals surface area contributed by atoms with Crippen molar-refractivity contribution in [3.63, 3.8) is 0 Å². The summed E-state index contributed by atoms with van der Waals surface area (Å²) < 4.78 is 0. The fourth-order valence-electron chi connectivity index (χ4n) is 5.18. The first-order valence-corrected chi connectivity index (χ1v) is 12.2. The standard InChI is InChI=1S/C29H29N3O3/c1-2-29(17-15-26(33)31-28(29)35)23-9-11-24(12-10-23)30-27(34)21-7-13-25(14-8-21)32-18-16-20-5-3-4-6-22(20)19-32/h3-14H,2,15-19H2,1H3,(H,30,34)(H,31,33,35). The predicted molar refractivity (Wildman–Crippen MR) is 136 cm³/mol. The predicted octanol–water partition coefficient (Wildman–Crippen LogP) is 4.59. The lowest BCUT2D eigenvalue weighted by molar-refractivity contribution is -0.138. The molecule has 2 aliphatic rings. The van der Waals surface area contributed by atoms with E-state index in [9.17, 15) is 14.4 Å². The number of carbonyl (C=O) groups is 3. The highest BCUT2D eigenvalue weighted by atomic mass is 16.2. The van der Waals surface area contributed by atoms with Crippen LogP contribution in [0.25, 0.3) is 0 Å². The van der Waals surface area contributed by atoms with Crippen molar-refractivity contribution in [2.45, 2.75) is 44.6 Å². The Balaban J connectivity index is 1.25. The third-order valence-corrected chi connectivity index (χ3v) is 7.39. The number of rotatable bonds is 5. The van der Waals surface area contributed by atoms with E-state index < -0.39 is 5.41 Å². The number of nitrogens with zero attached hydrogens (tertiary/aromatic N) is 1. The molecule has 0 saturated carbocycles. The van der Waals surface area contributed by atoms with E-state index >= 15 is 0 Å². The van der Waals surface area contributed by atoms with Crippen molar-refractivity contribution in [1.82, 2.24) is 5.32 Å². The van der Waals surface area contributed by atoms with Crippen LogP contribution in [-0.2, 0) is 28.0 Å². The number of nitrogens with one attached hydrogen (secondary N) is 2. The lowest BCUT2D eigenvalue weighted by Crippen LogP contribution is -2.51. The third-order valence-electron chi connectivity index (χ3n) is 7.39. The second-order valence-corrected chi connectivity index (χ2v) is 9.33. The normalized spacial score (nSPS) is 19.6. The Hall–Kier alpha value is -3.93. The molecule has 2 N–H and O–H groups in total. The zero-order valence-electron chi connectivity index (χ0n) is 19.8. The Kier molecular flexibility index (Phi) is 6.12. The van der Waals surface area contributed by atoms with Gasteiger partial charge in [0.25, 0.3) is 5.91 Å². The van der Waals surface area contributed by atoms with Crippen molar-refractivity contribution in [3.05, 3.63) is 95.1 Å². The van der Waals surface area contributed by atoms with Gasteiger partial charge in [-0.2, -0.15) is 0 Å². The molecule has 1 fully saturated rings. The quantitative estimate of drug-likeness (QED) is 0.538. The molecule has 0 radical (unpaired) electrons. The Morgan fingerprint density at radius 2 is 1.66 bits per heavy atom. The zero-order valence-corrected chi connectivity index (χ0v) is 19.8. The Bertz CT molecular complexity index is 1270. The highest BCUT2D eigenvalue weighted by molar-refractivity contribution is 6.05. The van der Waals surface area contributed by atoms with Crippen LogP contribution in [0.15, 0.2) is 72.8 Å². The Morgan fingerprint density at radius 3 is 2.34 bits per heavy atom. The number of anilines is 2. The van der Waals surface area contributed by atoms with Gasteiger partial charge in [0.1, 0.15) is 0 Å². The topological polar surface area (TPSA) is 78.5 Å². The molecule has 178 valence electrons. The molecule has 3 aromatic carbocycles. The third kappa shape index (κ3) is 4.44. The van der Waals surface area contributed by atoms with E-state index in [-0.39, 0.29) is 17.7 Å². The molecule has 5 rings (SSSR count). The van der Waals surface area contributed by atoms with Crippen LogP contribution in [0.2, 0.25) is 0 Å². The summed E-state index contributed by atoms with van der Waals surface area (Å²) in [5.74, 6) is -0.649. The van der Waals surface area contributed by atoms with Gasteiger partial charge < -0.3 is 10.2 Å². The number of hydrogen-bond acceptors (Lipinski definition) is 4. The summed E-state index contributed by atoms with van der Waals surface area (Å²) in [5.41, 5.74) is 5.27. The summed E-state index contributed by atoms with van der Waals surface area (Å²) in [6, 6.07) is 23.6. The van der Waals surface area contributed by atoms with E-state index in [0.717, 1.165) is 30.8 Å². The molecule has 3 aromatic rings. The van der Waals surface area contributed by atoms with Crippen LogP contribution in [0.5, 0.6) is 0 Å². The second kappa shape index (κ2) is 9.37. The first kappa shape index (κ1) is 22.8. The van der Waals surface area contributed by atoms with Gasteiger partial charge >= 0.3 is 0 Å². The minimum atomic E-state index is -0.707. The molecule has 1 atom stereocenters. The van der Waals surface area contributed by atoms with Gasteiger partial charge in [0, 0.05) is 36.4 Å². The van der Waals surface area contributed by atoms with Gasteiger partial charge in [0.15, 0.2) is 0 Å². The van der Waals surface area contributed by atoms with Gasteiger partial charge in [-0.1, -0.05) is 43.3 Å². The molecule has 3 amide bonds. The summed E-state index contributed by atoms with van der Waals surface area (Å²) in [4.78, 5) is 39.4. The number of amides is 3. The van der Waals surface area contributed by atoms with Crippen molar-refractivity contribution in [2.75, 3.05) is 16.8 Å². The van der Waals surface area contributed by atoms with E-state index in [1.54, 1.807) is 0 Å². The molecule has 0 spiro atoms. The average Bonchev–Trinajstić information content (AvgIpc) is 2.89. The molecule has 0 aliphatic carbocycles. The maximum absolute atomic E-state index is 12.8. The monoisotopic (exact) mass is 467 g/mol. The molecule has 2 aliphatic heterocycles. The van der Waals surface area contributed by atoms with Crippen molar-refractivity contribution < 1.29 is 14.4 Å². The van der Waals surface area contributed by atoms with Crippen LogP contribution in [0.4, 0.5) is 11.4 Å². The van der Waals surface area contributed by atoms with Crippen LogP contribution < -0.4 is 15.5 Å². The smallest absolute Gasteiger partial charge is 0.255 e. The van der Waals surface area contributed by atoms with Crippen LogP contribution in [0.3, 0.4) is 0 Å². The van der Waals surface area contributed by atoms with Gasteiger partial charge in [0.2, 0.25) is 11.8 Å². The number of piperidine rings is 1. The van der Waals surface area contributed by atoms with Gasteiger partial charge in [-0.05, 0) is 72.4 Å². The van der Waals surface area contributed by atoms with E-state index in [4.69, 9.17) is 0 Å². The Labute approximate surface area is 205 Å². The van der Waals surface area contributed by atoms with E-state index in [1.807, 2.05) is 55.5 Å². The van der Waals surface area contributed by atoms with Crippen molar-refractivity contribution in [2.24, 2.45) is 0 Å². The van der Waals surface area contributed by atoms with E-state index in [0.29, 0.717) is 30.5 Å². The molecule has 2 heterocycles. The van der Waals surface area contributed by atoms with Gasteiger partial charge in [-0.3, -0.25) is 19.7 Å². The SMILES string of the molecule is CCC1(c2ccc(NC(=O)c3ccc(N4CCc5ccccc5C4)cc3)cc2)CCC(=O)NC1=O. The summed E-state index contributed by atoms with van der Waals surface area (Å²) in [6.07, 6.45) is 2.45. The lowest BCUT2D eigenvalue weighted by atomic mass is 9.72. The van der Waals surface area contributed by atoms with Gasteiger partial charge in [0.05, 0.1) is 5.41 Å². The Morgan fingerprint density at radius 1 is 0.943 bits per heavy atom. The summed E-state index contributed by atoms with van der Waals surface area (Å²) in [6.45, 7) is 3.79. The number of benzene rings is 3. The molecule has 35 heavy (non-hydrogen) atoms. The first-order valence-electron chi connectivity index (χ1n) is 12.2. The van der Waals surface area contributed by atoms with Crippen molar-refractivity contribution in [3.8, 4) is 0 Å². The van der Waals surface area contributed by atoms with Crippen LogP contribution in [0, 0.1) is 0 Å². The minimum Gasteiger partial charge on any atom is -0.367 e. The van der Waals surface area contributed by atoms with Gasteiger partial charge in [-0.25, -0.2) is 0 Å². The fraction of sp³-hybridized carbons (Fsp3) is 0.276. The zero-order chi connectivity index (χ0) is 24.4. The molecule has 6 heteroatoms. The average molecular weight is 468 g/mol. The molecule has 1 unspecified atom stereocenters. The lowest BCUT2D eigenvalue weighted by Gasteiger charge is -2.35. The van der Waals surface area contributed by atoms with Crippen LogP contribution in [0.1, 0.15) is 53.2 Å². The van der Waals surface area contributed by atoms with Crippen LogP contribution in [-0.4, -0.2) is 24.3 Å². The summed E-state index contributed by atoms with van der Waals surface area (Å²) in [5, 5.41) is 5.41. The van der Waals surface area contributed by atoms with Crippen molar-refractivity contribution >= 4 is 29.1 Å². The molecule has 0 bridgehead atoms. The van der Waals surface area contributed by atoms with E-state index in [2.05, 4.69) is 39.8 Å². The fourth-order valence-corrected chi connectivity index (χ4v) is 5.18. The number of imide groups is 1. The van der Waals surface area contributed by atoms with Crippen molar-refractivity contribution in [1.29, 1.82) is 0 Å². The highest BCUT2D eigenvalue weighted by Gasteiger charge is 2.42. The molecule has 6 nitrogen and oxygen atoms in total. The highest BCUT2D eigenvalue weighted by Crippen LogP contribution is 2.36.